The van der Waals surface area contributed by atoms with Crippen LogP contribution in [0.15, 0.2) is 44.3 Å². The number of carbonyl (C=O) groups is 1. The second-order valence-corrected chi connectivity index (χ2v) is 9.42. The fourth-order valence-corrected chi connectivity index (χ4v) is 5.83. The average molecular weight is 441 g/mol. The highest BCUT2D eigenvalue weighted by Gasteiger charge is 2.17. The average Bonchev–Trinajstić information content (AvgIpc) is 3.30. The van der Waals surface area contributed by atoms with Crippen molar-refractivity contribution in [2.45, 2.75) is 24.6 Å². The predicted octanol–water partition coefficient (Wildman–Crippen LogP) is 3.27. The molecule has 0 amide bonds. The summed E-state index contributed by atoms with van der Waals surface area (Å²) in [6, 6.07) is 8.35. The molecular weight excluding hydrogens is 420 g/mol. The third-order valence-corrected chi connectivity index (χ3v) is 7.60. The van der Waals surface area contributed by atoms with Gasteiger partial charge in [0.05, 0.1) is 29.0 Å². The van der Waals surface area contributed by atoms with Crippen molar-refractivity contribution in [3.63, 3.8) is 0 Å². The Kier molecular flexibility index (Phi) is 6.65. The molecule has 0 radical (unpaired) electrons. The number of esters is 1. The van der Waals surface area contributed by atoms with Crippen LogP contribution in [0.1, 0.15) is 24.2 Å². The maximum absolute atomic E-state index is 12.6. The van der Waals surface area contributed by atoms with E-state index in [2.05, 4.69) is 4.40 Å². The Morgan fingerprint density at radius 3 is 2.71 bits per heavy atom. The number of fused-ring (bicyclic) bond motifs is 1. The molecule has 0 unspecified atom stereocenters. The van der Waals surface area contributed by atoms with E-state index in [0.717, 1.165) is 21.6 Å². The van der Waals surface area contributed by atoms with Gasteiger partial charge in [-0.2, -0.15) is 8.42 Å². The summed E-state index contributed by atoms with van der Waals surface area (Å²) in [4.78, 5) is 12.4. The zero-order valence-electron chi connectivity index (χ0n) is 15.5. The number of nitrogens with zero attached hydrogens (tertiary/aromatic N) is 2. The van der Waals surface area contributed by atoms with Gasteiger partial charge in [-0.15, -0.1) is 15.7 Å². The van der Waals surface area contributed by atoms with Crippen molar-refractivity contribution in [1.82, 2.24) is 4.57 Å². The minimum atomic E-state index is -3.81. The third-order valence-electron chi connectivity index (χ3n) is 3.80. The Balaban J connectivity index is 2.12. The highest BCUT2D eigenvalue weighted by atomic mass is 32.2. The largest absolute Gasteiger partial charge is 0.462 e. The van der Waals surface area contributed by atoms with Crippen molar-refractivity contribution in [2.75, 3.05) is 19.8 Å². The van der Waals surface area contributed by atoms with Gasteiger partial charge in [0.2, 0.25) is 4.80 Å². The van der Waals surface area contributed by atoms with Gasteiger partial charge < -0.3 is 14.0 Å². The minimum absolute atomic E-state index is 0.188. The maximum Gasteiger partial charge on any atom is 0.338 e. The van der Waals surface area contributed by atoms with Gasteiger partial charge in [0.25, 0.3) is 10.0 Å². The van der Waals surface area contributed by atoms with Crippen LogP contribution in [0.5, 0.6) is 0 Å². The number of sulfonamides is 1. The number of thiophene rings is 1. The molecule has 0 aliphatic carbocycles. The van der Waals surface area contributed by atoms with Gasteiger partial charge >= 0.3 is 5.97 Å². The van der Waals surface area contributed by atoms with E-state index in [9.17, 15) is 13.2 Å². The lowest BCUT2D eigenvalue weighted by Gasteiger charge is -2.06. The van der Waals surface area contributed by atoms with Gasteiger partial charge in [0.15, 0.2) is 0 Å². The second kappa shape index (κ2) is 8.99. The summed E-state index contributed by atoms with van der Waals surface area (Å²) in [5.74, 6) is -0.414. The zero-order valence-corrected chi connectivity index (χ0v) is 17.9. The minimum Gasteiger partial charge on any atom is -0.462 e. The monoisotopic (exact) mass is 440 g/mol. The Hall–Kier alpha value is -2.01. The Bertz CT molecular complexity index is 1130. The molecule has 0 fully saturated rings. The van der Waals surface area contributed by atoms with E-state index in [-0.39, 0.29) is 10.8 Å². The van der Waals surface area contributed by atoms with Crippen LogP contribution in [0, 0.1) is 0 Å². The fraction of sp³-hybridized carbons (Fsp3) is 0.333. The number of hydrogen-bond acceptors (Lipinski definition) is 7. The van der Waals surface area contributed by atoms with E-state index in [0.29, 0.717) is 30.1 Å². The topological polar surface area (TPSA) is 87.0 Å². The SMILES string of the molecule is CCOCCn1c(=NS(=O)(=O)c2cccs2)sc2cc(C(=O)OCC)ccc21. The molecular formula is C18H20N2O5S3. The quantitative estimate of drug-likeness (QED) is 0.396. The Morgan fingerprint density at radius 2 is 2.04 bits per heavy atom. The normalized spacial score (nSPS) is 12.6. The highest BCUT2D eigenvalue weighted by molar-refractivity contribution is 7.92. The Labute approximate surface area is 170 Å². The van der Waals surface area contributed by atoms with Crippen LogP contribution < -0.4 is 4.80 Å². The van der Waals surface area contributed by atoms with E-state index < -0.39 is 16.0 Å². The summed E-state index contributed by atoms with van der Waals surface area (Å²) in [5, 5.41) is 1.70. The first-order valence-electron chi connectivity index (χ1n) is 8.69. The van der Waals surface area contributed by atoms with Crippen molar-refractivity contribution in [3.8, 4) is 0 Å². The lowest BCUT2D eigenvalue weighted by atomic mass is 10.2. The molecule has 3 rings (SSSR count). The van der Waals surface area contributed by atoms with E-state index >= 15 is 0 Å². The summed E-state index contributed by atoms with van der Waals surface area (Å²) in [6.45, 7) is 5.37. The van der Waals surface area contributed by atoms with Crippen LogP contribution in [-0.2, 0) is 26.0 Å². The molecule has 28 heavy (non-hydrogen) atoms. The lowest BCUT2D eigenvalue weighted by Crippen LogP contribution is -2.19. The molecule has 2 heterocycles. The summed E-state index contributed by atoms with van der Waals surface area (Å²) in [5.41, 5.74) is 1.21. The van der Waals surface area contributed by atoms with E-state index in [1.807, 2.05) is 6.92 Å². The van der Waals surface area contributed by atoms with E-state index in [1.165, 1.54) is 17.4 Å². The molecule has 0 aliphatic heterocycles. The molecule has 7 nitrogen and oxygen atoms in total. The van der Waals surface area contributed by atoms with Crippen molar-refractivity contribution in [1.29, 1.82) is 0 Å². The molecule has 1 aromatic carbocycles. The smallest absolute Gasteiger partial charge is 0.338 e. The number of thiazole rings is 1. The van der Waals surface area contributed by atoms with Crippen LogP contribution >= 0.6 is 22.7 Å². The van der Waals surface area contributed by atoms with Gasteiger partial charge in [0, 0.05) is 13.2 Å². The van der Waals surface area contributed by atoms with Crippen molar-refractivity contribution >= 4 is 48.9 Å². The first kappa shape index (κ1) is 20.7. The van der Waals surface area contributed by atoms with Crippen LogP contribution in [0.4, 0.5) is 0 Å². The number of carbonyl (C=O) groups excluding carboxylic acids is 1. The van der Waals surface area contributed by atoms with E-state index in [4.69, 9.17) is 9.47 Å². The van der Waals surface area contributed by atoms with E-state index in [1.54, 1.807) is 41.1 Å². The molecule has 3 aromatic rings. The van der Waals surface area contributed by atoms with Crippen LogP contribution in [0.3, 0.4) is 0 Å². The first-order valence-corrected chi connectivity index (χ1v) is 11.8. The van der Waals surface area contributed by atoms with Crippen molar-refractivity contribution in [3.05, 3.63) is 46.1 Å². The standard InChI is InChI=1S/C18H20N2O5S3/c1-3-24-10-9-20-14-8-7-13(17(21)25-4-2)12-15(14)27-18(20)19-28(22,23)16-6-5-11-26-16/h5-8,11-12H,3-4,9-10H2,1-2H3. The van der Waals surface area contributed by atoms with Crippen LogP contribution in [0.25, 0.3) is 10.2 Å². The maximum atomic E-state index is 12.6. The van der Waals surface area contributed by atoms with Gasteiger partial charge in [-0.3, -0.25) is 0 Å². The molecule has 150 valence electrons. The molecule has 0 N–H and O–H groups in total. The molecule has 0 saturated carbocycles. The molecule has 0 bridgehead atoms. The number of aromatic nitrogens is 1. The van der Waals surface area contributed by atoms with Gasteiger partial charge in [-0.25, -0.2) is 4.79 Å². The van der Waals surface area contributed by atoms with Crippen LogP contribution in [-0.4, -0.2) is 38.8 Å². The fourth-order valence-electron chi connectivity index (χ4n) is 2.56. The number of rotatable bonds is 8. The molecule has 0 spiro atoms. The number of benzene rings is 1. The summed E-state index contributed by atoms with van der Waals surface area (Å²) in [6.07, 6.45) is 0. The predicted molar refractivity (Wildman–Crippen MR) is 109 cm³/mol. The van der Waals surface area contributed by atoms with Crippen molar-refractivity contribution < 1.29 is 22.7 Å². The van der Waals surface area contributed by atoms with Crippen LogP contribution in [0.2, 0.25) is 0 Å². The Morgan fingerprint density at radius 1 is 1.21 bits per heavy atom. The molecule has 2 aromatic heterocycles. The third kappa shape index (κ3) is 4.52. The number of hydrogen-bond donors (Lipinski definition) is 0. The van der Waals surface area contributed by atoms with Crippen molar-refractivity contribution in [2.24, 2.45) is 4.40 Å². The summed E-state index contributed by atoms with van der Waals surface area (Å²) in [7, 11) is -3.81. The lowest BCUT2D eigenvalue weighted by molar-refractivity contribution is 0.0526. The second-order valence-electron chi connectivity index (χ2n) is 5.63. The first-order chi connectivity index (χ1) is 13.5. The molecule has 0 saturated heterocycles. The molecule has 10 heteroatoms. The van der Waals surface area contributed by atoms with Gasteiger partial charge in [-0.1, -0.05) is 17.4 Å². The highest BCUT2D eigenvalue weighted by Crippen LogP contribution is 2.22. The zero-order chi connectivity index (χ0) is 20.1. The summed E-state index contributed by atoms with van der Waals surface area (Å²) >= 11 is 2.34. The molecule has 0 aliphatic rings. The summed E-state index contributed by atoms with van der Waals surface area (Å²) < 4.78 is 42.5. The van der Waals surface area contributed by atoms with Gasteiger partial charge in [-0.05, 0) is 43.5 Å². The molecule has 0 atom stereocenters. The number of ether oxygens (including phenoxy) is 2. The van der Waals surface area contributed by atoms with Gasteiger partial charge in [0.1, 0.15) is 4.21 Å².